The van der Waals surface area contributed by atoms with E-state index >= 15 is 0 Å². The van der Waals surface area contributed by atoms with Crippen LogP contribution in [-0.4, -0.2) is 30.7 Å². The Hall–Kier alpha value is -3.80. The fourth-order valence-corrected chi connectivity index (χ4v) is 2.76. The van der Waals surface area contributed by atoms with Gasteiger partial charge in [-0.2, -0.15) is 4.68 Å². The second-order valence-corrected chi connectivity index (χ2v) is 6.43. The lowest BCUT2D eigenvalue weighted by molar-refractivity contribution is -0.389. The van der Waals surface area contributed by atoms with E-state index in [0.29, 0.717) is 17.0 Å². The van der Waals surface area contributed by atoms with Crippen LogP contribution in [0.5, 0.6) is 0 Å². The minimum atomic E-state index is -0.749. The number of aromatic nitrogens is 3. The highest BCUT2D eigenvalue weighted by Crippen LogP contribution is 2.28. The Balaban J connectivity index is 1.91. The van der Waals surface area contributed by atoms with Crippen molar-refractivity contribution in [3.05, 3.63) is 72.2 Å². The zero-order chi connectivity index (χ0) is 21.3. The van der Waals surface area contributed by atoms with E-state index < -0.39 is 15.8 Å². The van der Waals surface area contributed by atoms with Crippen molar-refractivity contribution in [3.63, 3.8) is 0 Å². The number of benzene rings is 1. The molecule has 12 nitrogen and oxygen atoms in total. The van der Waals surface area contributed by atoms with E-state index in [2.05, 4.69) is 15.6 Å². The number of anilines is 1. The van der Waals surface area contributed by atoms with Gasteiger partial charge in [0.25, 0.3) is 11.6 Å². The number of nitro groups is 2. The largest absolute Gasteiger partial charge is 0.390 e. The number of aryl methyl sites for hydroxylation is 2. The molecule has 0 saturated carbocycles. The summed E-state index contributed by atoms with van der Waals surface area (Å²) >= 11 is 5.77. The highest BCUT2D eigenvalue weighted by Gasteiger charge is 2.25. The summed E-state index contributed by atoms with van der Waals surface area (Å²) in [5.41, 5.74) is 0.259. The van der Waals surface area contributed by atoms with Crippen LogP contribution in [0, 0.1) is 34.1 Å². The molecule has 0 aliphatic heterocycles. The normalized spacial score (nSPS) is 10.7. The summed E-state index contributed by atoms with van der Waals surface area (Å²) in [6.45, 7) is 3.18. The Labute approximate surface area is 167 Å². The first-order chi connectivity index (χ1) is 13.7. The summed E-state index contributed by atoms with van der Waals surface area (Å²) in [5.74, 6) is -0.778. The summed E-state index contributed by atoms with van der Waals surface area (Å²) in [7, 11) is 0. The van der Waals surface area contributed by atoms with Crippen molar-refractivity contribution in [1.29, 1.82) is 0 Å². The molecule has 0 saturated heterocycles. The van der Waals surface area contributed by atoms with Gasteiger partial charge in [-0.1, -0.05) is 16.8 Å². The van der Waals surface area contributed by atoms with Crippen molar-refractivity contribution < 1.29 is 19.2 Å². The molecule has 1 aromatic carbocycles. The molecule has 0 fully saturated rings. The highest BCUT2D eigenvalue weighted by atomic mass is 35.5. The van der Waals surface area contributed by atoms with Crippen LogP contribution >= 0.6 is 11.6 Å². The van der Waals surface area contributed by atoms with E-state index in [1.807, 2.05) is 0 Å². The summed E-state index contributed by atoms with van der Waals surface area (Å²) in [4.78, 5) is 33.5. The van der Waals surface area contributed by atoms with Crippen LogP contribution in [0.2, 0.25) is 5.02 Å². The number of halogens is 1. The molecule has 1 amide bonds. The van der Waals surface area contributed by atoms with Crippen LogP contribution in [0.25, 0.3) is 0 Å². The third-order valence-corrected chi connectivity index (χ3v) is 4.30. The summed E-state index contributed by atoms with van der Waals surface area (Å²) < 4.78 is 6.41. The summed E-state index contributed by atoms with van der Waals surface area (Å²) in [6.07, 6.45) is 0. The number of nitrogens with one attached hydrogen (secondary N) is 1. The van der Waals surface area contributed by atoms with Gasteiger partial charge in [-0.25, -0.2) is 0 Å². The van der Waals surface area contributed by atoms with Crippen LogP contribution in [-0.2, 0) is 6.54 Å². The molecule has 2 heterocycles. The molecule has 0 spiro atoms. The topological polar surface area (TPSA) is 159 Å². The van der Waals surface area contributed by atoms with Crippen LogP contribution in [0.1, 0.15) is 27.5 Å². The first kappa shape index (κ1) is 19.9. The van der Waals surface area contributed by atoms with E-state index in [-0.39, 0.29) is 34.5 Å². The van der Waals surface area contributed by atoms with E-state index in [0.717, 1.165) is 6.07 Å². The lowest BCUT2D eigenvalue weighted by Gasteiger charge is -2.06. The molecule has 29 heavy (non-hydrogen) atoms. The summed E-state index contributed by atoms with van der Waals surface area (Å²) in [6, 6.07) is 5.09. The number of carbonyl (C=O) groups excluding carboxylic acids is 1. The monoisotopic (exact) mass is 420 g/mol. The Morgan fingerprint density at radius 2 is 1.97 bits per heavy atom. The maximum absolute atomic E-state index is 12.7. The molecule has 3 rings (SSSR count). The van der Waals surface area contributed by atoms with Gasteiger partial charge in [0, 0.05) is 11.1 Å². The highest BCUT2D eigenvalue weighted by molar-refractivity contribution is 6.31. The number of hydrogen-bond donors (Lipinski definition) is 1. The lowest BCUT2D eigenvalue weighted by atomic mass is 10.1. The molecule has 1 N–H and O–H groups in total. The Bertz CT molecular complexity index is 1140. The molecule has 0 aliphatic rings. The fraction of sp³-hybridized carbons (Fsp3) is 0.188. The molecule has 2 aromatic heterocycles. The molecule has 0 atom stereocenters. The molecular weight excluding hydrogens is 408 g/mol. The van der Waals surface area contributed by atoms with Crippen LogP contribution < -0.4 is 5.32 Å². The number of hydrogen-bond acceptors (Lipinski definition) is 8. The predicted molar refractivity (Wildman–Crippen MR) is 100 cm³/mol. The van der Waals surface area contributed by atoms with Crippen molar-refractivity contribution in [2.24, 2.45) is 0 Å². The van der Waals surface area contributed by atoms with Gasteiger partial charge in [0.1, 0.15) is 11.4 Å². The number of nitro benzene ring substituents is 1. The third-order valence-electron chi connectivity index (χ3n) is 4.07. The predicted octanol–water partition coefficient (Wildman–Crippen LogP) is 3.26. The van der Waals surface area contributed by atoms with Gasteiger partial charge in [-0.05, 0) is 30.9 Å². The average Bonchev–Trinajstić information content (AvgIpc) is 3.20. The van der Waals surface area contributed by atoms with E-state index in [4.69, 9.17) is 16.1 Å². The second-order valence-electron chi connectivity index (χ2n) is 6.00. The van der Waals surface area contributed by atoms with Gasteiger partial charge in [0.2, 0.25) is 0 Å². The van der Waals surface area contributed by atoms with Crippen molar-refractivity contribution >= 4 is 34.7 Å². The number of amides is 1. The third kappa shape index (κ3) is 4.06. The second kappa shape index (κ2) is 7.67. The molecule has 150 valence electrons. The van der Waals surface area contributed by atoms with E-state index in [9.17, 15) is 25.0 Å². The maximum atomic E-state index is 12.7. The number of rotatable bonds is 6. The molecule has 13 heteroatoms. The first-order valence-electron chi connectivity index (χ1n) is 8.06. The van der Waals surface area contributed by atoms with Gasteiger partial charge in [-0.3, -0.25) is 14.9 Å². The lowest BCUT2D eigenvalue weighted by Crippen LogP contribution is -2.17. The van der Waals surface area contributed by atoms with E-state index in [1.54, 1.807) is 13.8 Å². The number of nitrogens with zero attached hydrogens (tertiary/aromatic N) is 5. The van der Waals surface area contributed by atoms with Crippen LogP contribution in [0.15, 0.2) is 28.8 Å². The first-order valence-corrected chi connectivity index (χ1v) is 8.44. The Morgan fingerprint density at radius 1 is 1.24 bits per heavy atom. The maximum Gasteiger partial charge on any atom is 0.390 e. The molecule has 0 aliphatic carbocycles. The van der Waals surface area contributed by atoms with Crippen LogP contribution in [0.4, 0.5) is 17.2 Å². The van der Waals surface area contributed by atoms with Gasteiger partial charge >= 0.3 is 5.82 Å². The molecule has 3 aromatic rings. The Morgan fingerprint density at radius 3 is 2.59 bits per heavy atom. The zero-order valence-corrected chi connectivity index (χ0v) is 15.8. The fourth-order valence-electron chi connectivity index (χ4n) is 2.59. The molecule has 0 unspecified atom stereocenters. The van der Waals surface area contributed by atoms with Gasteiger partial charge in [-0.15, -0.1) is 0 Å². The van der Waals surface area contributed by atoms with Crippen molar-refractivity contribution in [1.82, 2.24) is 14.9 Å². The zero-order valence-electron chi connectivity index (χ0n) is 15.1. The molecule has 0 bridgehead atoms. The SMILES string of the molecule is Cc1onc(C(=O)Nc2ccc(Cl)cc2[N+](=O)[O-])c1Cn1nc([N+](=O)[O-])cc1C. The summed E-state index contributed by atoms with van der Waals surface area (Å²) in [5, 5.41) is 32.2. The van der Waals surface area contributed by atoms with Crippen molar-refractivity contribution in [3.8, 4) is 0 Å². The molecule has 0 radical (unpaired) electrons. The van der Waals surface area contributed by atoms with Gasteiger partial charge < -0.3 is 20.0 Å². The van der Waals surface area contributed by atoms with E-state index in [1.165, 1.54) is 22.9 Å². The Kier molecular flexibility index (Phi) is 5.28. The van der Waals surface area contributed by atoms with Gasteiger partial charge in [0.05, 0.1) is 33.9 Å². The average molecular weight is 421 g/mol. The quantitative estimate of drug-likeness (QED) is 0.469. The van der Waals surface area contributed by atoms with Crippen molar-refractivity contribution in [2.75, 3.05) is 5.32 Å². The van der Waals surface area contributed by atoms with Crippen LogP contribution in [0.3, 0.4) is 0 Å². The minimum absolute atomic E-state index is 0.0134. The molecular formula is C16H13ClN6O6. The van der Waals surface area contributed by atoms with Gasteiger partial charge in [0.15, 0.2) is 5.69 Å². The van der Waals surface area contributed by atoms with Crippen molar-refractivity contribution in [2.45, 2.75) is 20.4 Å². The smallest absolute Gasteiger partial charge is 0.361 e. The standard InChI is InChI=1S/C16H13ClN6O6/c1-8-5-14(23(27)28)19-21(8)7-11-9(2)29-20-15(11)16(24)18-12-4-3-10(17)6-13(12)22(25)26/h3-6H,7H2,1-2H3,(H,18,24). The number of carbonyl (C=O) groups is 1. The minimum Gasteiger partial charge on any atom is -0.361 e.